The molecule has 1 amide bonds. The lowest BCUT2D eigenvalue weighted by molar-refractivity contribution is -0.133. The molecule has 2 aliphatic heterocycles. The van der Waals surface area contributed by atoms with Gasteiger partial charge in [-0.1, -0.05) is 0 Å². The number of carbonyl (C=O) groups excluding carboxylic acids is 1. The van der Waals surface area contributed by atoms with Gasteiger partial charge in [0.15, 0.2) is 11.5 Å². The van der Waals surface area contributed by atoms with Gasteiger partial charge in [0.25, 0.3) is 0 Å². The largest absolute Gasteiger partial charge is 0.493 e. The molecule has 1 saturated heterocycles. The Bertz CT molecular complexity index is 576. The average molecular weight is 357 g/mol. The zero-order valence-electron chi connectivity index (χ0n) is 14.2. The number of benzene rings is 1. The molecular weight excluding hydrogens is 332 g/mol. The minimum Gasteiger partial charge on any atom is -0.493 e. The molecule has 0 saturated carbocycles. The molecule has 7 heteroatoms. The van der Waals surface area contributed by atoms with Crippen molar-refractivity contribution >= 4 is 18.3 Å². The Morgan fingerprint density at radius 1 is 1.29 bits per heavy atom. The quantitative estimate of drug-likeness (QED) is 0.883. The number of halogens is 1. The normalized spacial score (nSPS) is 19.9. The number of rotatable bonds is 4. The van der Waals surface area contributed by atoms with E-state index in [0.29, 0.717) is 25.3 Å². The number of morpholine rings is 1. The summed E-state index contributed by atoms with van der Waals surface area (Å²) < 4.78 is 16.1. The van der Waals surface area contributed by atoms with E-state index < -0.39 is 0 Å². The van der Waals surface area contributed by atoms with Gasteiger partial charge in [0.2, 0.25) is 5.91 Å². The van der Waals surface area contributed by atoms with Gasteiger partial charge in [-0.2, -0.15) is 0 Å². The predicted octanol–water partition coefficient (Wildman–Crippen LogP) is 1.39. The van der Waals surface area contributed by atoms with Crippen LogP contribution in [0.4, 0.5) is 0 Å². The Morgan fingerprint density at radius 2 is 2.00 bits per heavy atom. The molecule has 1 fully saturated rings. The summed E-state index contributed by atoms with van der Waals surface area (Å²) in [7, 11) is 3.27. The molecule has 24 heavy (non-hydrogen) atoms. The van der Waals surface area contributed by atoms with Crippen LogP contribution in [0.2, 0.25) is 0 Å². The Balaban J connectivity index is 0.00000208. The van der Waals surface area contributed by atoms with Crippen molar-refractivity contribution in [1.82, 2.24) is 10.2 Å². The van der Waals surface area contributed by atoms with Crippen LogP contribution in [-0.4, -0.2) is 57.4 Å². The molecule has 3 rings (SSSR count). The summed E-state index contributed by atoms with van der Waals surface area (Å²) in [6, 6.07) is 4.13. The van der Waals surface area contributed by atoms with E-state index in [0.717, 1.165) is 37.4 Å². The van der Waals surface area contributed by atoms with Crippen molar-refractivity contribution in [2.24, 2.45) is 0 Å². The van der Waals surface area contributed by atoms with E-state index in [4.69, 9.17) is 14.2 Å². The molecule has 1 unspecified atom stereocenters. The maximum atomic E-state index is 12.5. The molecular formula is C17H25ClN2O4. The maximum Gasteiger partial charge on any atom is 0.224 e. The highest BCUT2D eigenvalue weighted by Crippen LogP contribution is 2.33. The van der Waals surface area contributed by atoms with E-state index in [-0.39, 0.29) is 24.4 Å². The minimum atomic E-state index is 0. The van der Waals surface area contributed by atoms with Gasteiger partial charge in [-0.05, 0) is 29.7 Å². The molecule has 6 nitrogen and oxygen atoms in total. The van der Waals surface area contributed by atoms with Crippen LogP contribution in [0.3, 0.4) is 0 Å². The summed E-state index contributed by atoms with van der Waals surface area (Å²) in [4.78, 5) is 14.4. The molecule has 0 bridgehead atoms. The van der Waals surface area contributed by atoms with Crippen LogP contribution in [0.25, 0.3) is 0 Å². The van der Waals surface area contributed by atoms with Crippen LogP contribution in [0.5, 0.6) is 11.5 Å². The summed E-state index contributed by atoms with van der Waals surface area (Å²) in [5.74, 6) is 1.63. The van der Waals surface area contributed by atoms with Crippen LogP contribution < -0.4 is 14.8 Å². The topological polar surface area (TPSA) is 60.0 Å². The van der Waals surface area contributed by atoms with E-state index in [9.17, 15) is 4.79 Å². The number of nitrogens with zero attached hydrogens (tertiary/aromatic N) is 1. The summed E-state index contributed by atoms with van der Waals surface area (Å²) in [5.41, 5.74) is 2.36. The van der Waals surface area contributed by atoms with Gasteiger partial charge in [0.05, 0.1) is 27.4 Å². The second-order valence-electron chi connectivity index (χ2n) is 5.97. The van der Waals surface area contributed by atoms with E-state index in [1.54, 1.807) is 14.2 Å². The molecule has 0 aromatic heterocycles. The number of hydrogen-bond acceptors (Lipinski definition) is 5. The van der Waals surface area contributed by atoms with Crippen molar-refractivity contribution in [2.75, 3.05) is 40.5 Å². The maximum absolute atomic E-state index is 12.5. The van der Waals surface area contributed by atoms with Gasteiger partial charge in [0, 0.05) is 32.1 Å². The summed E-state index contributed by atoms with van der Waals surface area (Å²) >= 11 is 0. The number of fused-ring (bicyclic) bond motifs is 1. The fraction of sp³-hybridized carbons (Fsp3) is 0.588. The first-order valence-corrected chi connectivity index (χ1v) is 8.04. The van der Waals surface area contributed by atoms with Crippen LogP contribution in [-0.2, 0) is 22.5 Å². The number of amides is 1. The molecule has 0 radical (unpaired) electrons. The van der Waals surface area contributed by atoms with E-state index >= 15 is 0 Å². The molecule has 2 heterocycles. The molecule has 0 spiro atoms. The molecule has 1 atom stereocenters. The Labute approximate surface area is 148 Å². The van der Waals surface area contributed by atoms with Gasteiger partial charge in [0.1, 0.15) is 0 Å². The molecule has 2 aliphatic rings. The zero-order valence-corrected chi connectivity index (χ0v) is 15.0. The first kappa shape index (κ1) is 18.8. The van der Waals surface area contributed by atoms with Crippen LogP contribution in [0.1, 0.15) is 17.5 Å². The zero-order chi connectivity index (χ0) is 16.2. The van der Waals surface area contributed by atoms with Gasteiger partial charge in [-0.3, -0.25) is 4.79 Å². The third-order valence-corrected chi connectivity index (χ3v) is 4.49. The highest BCUT2D eigenvalue weighted by atomic mass is 35.5. The monoisotopic (exact) mass is 356 g/mol. The fourth-order valence-corrected chi connectivity index (χ4v) is 3.19. The summed E-state index contributed by atoms with van der Waals surface area (Å²) in [6.45, 7) is 3.53. The first-order valence-electron chi connectivity index (χ1n) is 8.04. The van der Waals surface area contributed by atoms with Crippen molar-refractivity contribution in [3.05, 3.63) is 23.3 Å². The predicted molar refractivity (Wildman–Crippen MR) is 93.1 cm³/mol. The minimum absolute atomic E-state index is 0. The Hall–Kier alpha value is -1.50. The number of ether oxygens (including phenoxy) is 3. The fourth-order valence-electron chi connectivity index (χ4n) is 3.19. The van der Waals surface area contributed by atoms with Gasteiger partial charge in [-0.15, -0.1) is 12.4 Å². The van der Waals surface area contributed by atoms with Crippen molar-refractivity contribution in [1.29, 1.82) is 0 Å². The summed E-state index contributed by atoms with van der Waals surface area (Å²) in [6.07, 6.45) is 1.33. The van der Waals surface area contributed by atoms with Gasteiger partial charge >= 0.3 is 0 Å². The van der Waals surface area contributed by atoms with E-state index in [1.807, 2.05) is 17.0 Å². The summed E-state index contributed by atoms with van der Waals surface area (Å²) in [5, 5.41) is 3.33. The van der Waals surface area contributed by atoms with E-state index in [1.165, 1.54) is 5.56 Å². The number of nitrogens with one attached hydrogen (secondary N) is 1. The smallest absolute Gasteiger partial charge is 0.224 e. The van der Waals surface area contributed by atoms with Gasteiger partial charge in [-0.25, -0.2) is 0 Å². The van der Waals surface area contributed by atoms with Crippen molar-refractivity contribution < 1.29 is 19.0 Å². The van der Waals surface area contributed by atoms with Crippen molar-refractivity contribution in [2.45, 2.75) is 25.4 Å². The number of methoxy groups -OCH3 is 2. The van der Waals surface area contributed by atoms with E-state index in [2.05, 4.69) is 5.32 Å². The SMILES string of the molecule is COc1cc2c(cc1OC)CN(C(=O)CC1COCCN1)CC2.Cl. The van der Waals surface area contributed by atoms with Crippen LogP contribution in [0.15, 0.2) is 12.1 Å². The molecule has 1 N–H and O–H groups in total. The lowest BCUT2D eigenvalue weighted by Gasteiger charge is -2.31. The van der Waals surface area contributed by atoms with Gasteiger partial charge < -0.3 is 24.4 Å². The van der Waals surface area contributed by atoms with Crippen molar-refractivity contribution in [3.8, 4) is 11.5 Å². The van der Waals surface area contributed by atoms with Crippen molar-refractivity contribution in [3.63, 3.8) is 0 Å². The number of hydrogen-bond donors (Lipinski definition) is 1. The van der Waals surface area contributed by atoms with Crippen LogP contribution >= 0.6 is 12.4 Å². The second-order valence-corrected chi connectivity index (χ2v) is 5.97. The average Bonchev–Trinajstić information content (AvgIpc) is 2.60. The Morgan fingerprint density at radius 3 is 2.62 bits per heavy atom. The molecule has 134 valence electrons. The second kappa shape index (κ2) is 8.55. The molecule has 1 aromatic rings. The standard InChI is InChI=1S/C17H24N2O4.ClH/c1-21-15-7-12-3-5-19(10-13(12)8-16(15)22-2)17(20)9-14-11-23-6-4-18-14;/h7-8,14,18H,3-6,9-11H2,1-2H3;1H. The lowest BCUT2D eigenvalue weighted by atomic mass is 9.98. The molecule has 1 aromatic carbocycles. The highest BCUT2D eigenvalue weighted by molar-refractivity contribution is 5.85. The molecule has 0 aliphatic carbocycles. The highest BCUT2D eigenvalue weighted by Gasteiger charge is 2.25. The Kier molecular flexibility index (Phi) is 6.71. The van der Waals surface area contributed by atoms with Crippen LogP contribution in [0, 0.1) is 0 Å². The first-order chi connectivity index (χ1) is 11.2. The lowest BCUT2D eigenvalue weighted by Crippen LogP contribution is -2.46. The third kappa shape index (κ3) is 4.12. The third-order valence-electron chi connectivity index (χ3n) is 4.49. The number of carbonyl (C=O) groups is 1.